The standard InChI is InChI=1S/C9H13ClN2O2S2/c1-15-6-5-12-16(13,14)9-7(10)3-2-4-8(9)11/h2-4,12H,5-6,11H2,1H3. The molecule has 0 amide bonds. The van der Waals surface area contributed by atoms with Crippen molar-refractivity contribution in [1.82, 2.24) is 4.72 Å². The first-order valence-electron chi connectivity index (χ1n) is 4.51. The van der Waals surface area contributed by atoms with Crippen LogP contribution in [-0.2, 0) is 10.0 Å². The van der Waals surface area contributed by atoms with E-state index in [1.165, 1.54) is 12.1 Å². The summed E-state index contributed by atoms with van der Waals surface area (Å²) in [6.45, 7) is 0.355. The van der Waals surface area contributed by atoms with Gasteiger partial charge in [-0.25, -0.2) is 13.1 Å². The van der Waals surface area contributed by atoms with Crippen molar-refractivity contribution in [3.8, 4) is 0 Å². The smallest absolute Gasteiger partial charge is 0.244 e. The molecule has 0 aromatic heterocycles. The van der Waals surface area contributed by atoms with Crippen molar-refractivity contribution < 1.29 is 8.42 Å². The second-order valence-electron chi connectivity index (χ2n) is 3.05. The molecule has 4 nitrogen and oxygen atoms in total. The van der Waals surface area contributed by atoms with Crippen LogP contribution in [0.3, 0.4) is 0 Å². The SMILES string of the molecule is CSCCNS(=O)(=O)c1c(N)cccc1Cl. The molecule has 0 fully saturated rings. The molecule has 0 saturated heterocycles. The molecule has 7 heteroatoms. The maximum Gasteiger partial charge on any atom is 0.244 e. The van der Waals surface area contributed by atoms with E-state index in [9.17, 15) is 8.42 Å². The molecule has 16 heavy (non-hydrogen) atoms. The number of hydrogen-bond acceptors (Lipinski definition) is 4. The molecule has 0 aliphatic rings. The molecule has 0 aliphatic heterocycles. The Bertz CT molecular complexity index is 442. The van der Waals surface area contributed by atoms with Crippen LogP contribution >= 0.6 is 23.4 Å². The number of hydrogen-bond donors (Lipinski definition) is 2. The Morgan fingerprint density at radius 1 is 1.50 bits per heavy atom. The predicted octanol–water partition coefficient (Wildman–Crippen LogP) is 1.56. The van der Waals surface area contributed by atoms with Crippen LogP contribution in [0, 0.1) is 0 Å². The number of benzene rings is 1. The lowest BCUT2D eigenvalue weighted by Gasteiger charge is -2.09. The van der Waals surface area contributed by atoms with E-state index in [1.54, 1.807) is 17.8 Å². The fraction of sp³-hybridized carbons (Fsp3) is 0.333. The Hall–Kier alpha value is -0.430. The Morgan fingerprint density at radius 3 is 2.75 bits per heavy atom. The summed E-state index contributed by atoms with van der Waals surface area (Å²) < 4.78 is 26.2. The summed E-state index contributed by atoms with van der Waals surface area (Å²) in [4.78, 5) is -0.0437. The monoisotopic (exact) mass is 280 g/mol. The van der Waals surface area contributed by atoms with Crippen LogP contribution in [0.15, 0.2) is 23.1 Å². The van der Waals surface area contributed by atoms with Gasteiger partial charge in [0, 0.05) is 12.3 Å². The summed E-state index contributed by atoms with van der Waals surface area (Å²) in [5.74, 6) is 0.698. The molecule has 0 spiro atoms. The van der Waals surface area contributed by atoms with Gasteiger partial charge in [0.1, 0.15) is 4.90 Å². The zero-order valence-electron chi connectivity index (χ0n) is 8.73. The number of nitrogens with one attached hydrogen (secondary N) is 1. The molecule has 0 bridgehead atoms. The van der Waals surface area contributed by atoms with Crippen molar-refractivity contribution >= 4 is 39.1 Å². The topological polar surface area (TPSA) is 72.2 Å². The summed E-state index contributed by atoms with van der Waals surface area (Å²) >= 11 is 7.38. The third kappa shape index (κ3) is 3.28. The zero-order chi connectivity index (χ0) is 12.2. The zero-order valence-corrected chi connectivity index (χ0v) is 11.1. The summed E-state index contributed by atoms with van der Waals surface area (Å²) in [5.41, 5.74) is 5.76. The van der Waals surface area contributed by atoms with E-state index >= 15 is 0 Å². The number of nitrogens with two attached hydrogens (primary N) is 1. The van der Waals surface area contributed by atoms with E-state index in [-0.39, 0.29) is 15.6 Å². The molecule has 0 saturated carbocycles. The maximum atomic E-state index is 11.9. The third-order valence-electron chi connectivity index (χ3n) is 1.86. The van der Waals surface area contributed by atoms with Crippen molar-refractivity contribution in [1.29, 1.82) is 0 Å². The first kappa shape index (κ1) is 13.6. The minimum Gasteiger partial charge on any atom is -0.398 e. The lowest BCUT2D eigenvalue weighted by Crippen LogP contribution is -2.27. The van der Waals surface area contributed by atoms with E-state index < -0.39 is 10.0 Å². The van der Waals surface area contributed by atoms with Gasteiger partial charge in [-0.3, -0.25) is 0 Å². The van der Waals surface area contributed by atoms with Crippen LogP contribution in [0.1, 0.15) is 0 Å². The van der Waals surface area contributed by atoms with E-state index in [2.05, 4.69) is 4.72 Å². The van der Waals surface area contributed by atoms with Crippen molar-refractivity contribution in [3.05, 3.63) is 23.2 Å². The molecule has 0 aliphatic carbocycles. The summed E-state index contributed by atoms with van der Waals surface area (Å²) in [7, 11) is -3.61. The molecule has 1 rings (SSSR count). The van der Waals surface area contributed by atoms with Crippen LogP contribution in [0.25, 0.3) is 0 Å². The summed E-state index contributed by atoms with van der Waals surface area (Å²) in [5, 5.41) is 0.136. The summed E-state index contributed by atoms with van der Waals surface area (Å²) in [6.07, 6.45) is 1.90. The van der Waals surface area contributed by atoms with Gasteiger partial charge >= 0.3 is 0 Å². The van der Waals surface area contributed by atoms with Crippen molar-refractivity contribution in [2.24, 2.45) is 0 Å². The highest BCUT2D eigenvalue weighted by Crippen LogP contribution is 2.26. The number of anilines is 1. The molecule has 0 unspecified atom stereocenters. The Kier molecular flexibility index (Phi) is 4.91. The Balaban J connectivity index is 2.98. The number of rotatable bonds is 5. The van der Waals surface area contributed by atoms with Gasteiger partial charge in [0.2, 0.25) is 10.0 Å². The quantitative estimate of drug-likeness (QED) is 0.634. The highest BCUT2D eigenvalue weighted by molar-refractivity contribution is 7.98. The normalized spacial score (nSPS) is 11.6. The first-order valence-corrected chi connectivity index (χ1v) is 7.77. The number of thioether (sulfide) groups is 1. The van der Waals surface area contributed by atoms with E-state index in [0.29, 0.717) is 12.3 Å². The van der Waals surface area contributed by atoms with Crippen molar-refractivity contribution in [2.75, 3.05) is 24.3 Å². The fourth-order valence-electron chi connectivity index (χ4n) is 1.16. The molecule has 1 aromatic rings. The minimum atomic E-state index is -3.61. The van der Waals surface area contributed by atoms with Gasteiger partial charge < -0.3 is 5.73 Å². The van der Waals surface area contributed by atoms with Gasteiger partial charge in [-0.05, 0) is 18.4 Å². The second kappa shape index (κ2) is 5.77. The van der Waals surface area contributed by atoms with Crippen LogP contribution in [0.2, 0.25) is 5.02 Å². The van der Waals surface area contributed by atoms with Crippen molar-refractivity contribution in [3.63, 3.8) is 0 Å². The van der Waals surface area contributed by atoms with Gasteiger partial charge in [-0.1, -0.05) is 17.7 Å². The number of halogens is 1. The van der Waals surface area contributed by atoms with Crippen molar-refractivity contribution in [2.45, 2.75) is 4.90 Å². The Morgan fingerprint density at radius 2 is 2.19 bits per heavy atom. The molecular weight excluding hydrogens is 268 g/mol. The van der Waals surface area contributed by atoms with Crippen LogP contribution in [0.5, 0.6) is 0 Å². The molecule has 0 radical (unpaired) electrons. The van der Waals surface area contributed by atoms with Gasteiger partial charge in [0.15, 0.2) is 0 Å². The molecule has 90 valence electrons. The lowest BCUT2D eigenvalue weighted by molar-refractivity contribution is 0.584. The van der Waals surface area contributed by atoms with E-state index in [0.717, 1.165) is 0 Å². The maximum absolute atomic E-state index is 11.9. The van der Waals surface area contributed by atoms with Gasteiger partial charge in [0.05, 0.1) is 10.7 Å². The number of sulfonamides is 1. The fourth-order valence-corrected chi connectivity index (χ4v) is 3.30. The highest BCUT2D eigenvalue weighted by Gasteiger charge is 2.20. The van der Waals surface area contributed by atoms with Gasteiger partial charge in [-0.15, -0.1) is 0 Å². The first-order chi connectivity index (χ1) is 7.49. The molecule has 0 atom stereocenters. The second-order valence-corrected chi connectivity index (χ2v) is 6.15. The molecule has 0 heterocycles. The van der Waals surface area contributed by atoms with Gasteiger partial charge in [0.25, 0.3) is 0 Å². The van der Waals surface area contributed by atoms with Gasteiger partial charge in [-0.2, -0.15) is 11.8 Å². The number of nitrogen functional groups attached to an aromatic ring is 1. The summed E-state index contributed by atoms with van der Waals surface area (Å²) in [6, 6.07) is 4.62. The lowest BCUT2D eigenvalue weighted by atomic mass is 10.3. The van der Waals surface area contributed by atoms with Crippen LogP contribution < -0.4 is 10.5 Å². The average Bonchev–Trinajstić information content (AvgIpc) is 2.17. The van der Waals surface area contributed by atoms with Crippen LogP contribution in [-0.4, -0.2) is 27.0 Å². The molecule has 3 N–H and O–H groups in total. The largest absolute Gasteiger partial charge is 0.398 e. The van der Waals surface area contributed by atoms with E-state index in [4.69, 9.17) is 17.3 Å². The minimum absolute atomic E-state index is 0.0437. The molecular formula is C9H13ClN2O2S2. The highest BCUT2D eigenvalue weighted by atomic mass is 35.5. The predicted molar refractivity (Wildman–Crippen MR) is 69.4 cm³/mol. The average molecular weight is 281 g/mol. The molecule has 1 aromatic carbocycles. The Labute approximate surface area is 105 Å². The van der Waals surface area contributed by atoms with Crippen LogP contribution in [0.4, 0.5) is 5.69 Å². The third-order valence-corrected chi connectivity index (χ3v) is 4.48. The van der Waals surface area contributed by atoms with E-state index in [1.807, 2.05) is 6.26 Å².